The van der Waals surface area contributed by atoms with Crippen molar-refractivity contribution in [2.45, 2.75) is 6.92 Å². The second-order valence-corrected chi connectivity index (χ2v) is 4.09. The molecule has 78 valence electrons. The van der Waals surface area contributed by atoms with Crippen LogP contribution in [0.15, 0.2) is 16.6 Å². The Morgan fingerprint density at radius 1 is 1.40 bits per heavy atom. The Kier molecular flexibility index (Phi) is 2.62. The molecule has 2 aromatic rings. The lowest BCUT2D eigenvalue weighted by Crippen LogP contribution is -2.05. The Hall–Kier alpha value is -1.14. The molecule has 0 saturated carbocycles. The van der Waals surface area contributed by atoms with Crippen LogP contribution in [0.25, 0.3) is 5.82 Å². The maximum Gasteiger partial charge on any atom is 0.178 e. The first-order chi connectivity index (χ1) is 7.09. The lowest BCUT2D eigenvalue weighted by atomic mass is 10.5. The highest BCUT2D eigenvalue weighted by atomic mass is 79.9. The molecule has 0 aromatic carbocycles. The minimum absolute atomic E-state index is 0.334. The molecule has 0 aliphatic rings. The molecule has 0 amide bonds. The van der Waals surface area contributed by atoms with E-state index in [0.29, 0.717) is 16.8 Å². The summed E-state index contributed by atoms with van der Waals surface area (Å²) in [6, 6.07) is 3.33. The third kappa shape index (κ3) is 1.82. The van der Waals surface area contributed by atoms with Crippen LogP contribution in [-0.4, -0.2) is 20.0 Å². The molecule has 0 saturated heterocycles. The molecule has 0 unspecified atom stereocenters. The third-order valence-electron chi connectivity index (χ3n) is 1.86. The number of hydrogen-bond donors (Lipinski definition) is 1. The van der Waals surface area contributed by atoms with Crippen LogP contribution in [-0.2, 0) is 0 Å². The minimum atomic E-state index is 0.334. The number of hydrogen-bond acceptors (Lipinski definition) is 4. The van der Waals surface area contributed by atoms with Crippen molar-refractivity contribution in [3.05, 3.63) is 27.5 Å². The second-order valence-electron chi connectivity index (χ2n) is 2.91. The van der Waals surface area contributed by atoms with Gasteiger partial charge in [-0.25, -0.2) is 0 Å². The van der Waals surface area contributed by atoms with Crippen LogP contribution < -0.4 is 5.73 Å². The van der Waals surface area contributed by atoms with Crippen molar-refractivity contribution in [3.8, 4) is 5.82 Å². The van der Waals surface area contributed by atoms with E-state index in [1.165, 1.54) is 4.68 Å². The number of anilines is 1. The summed E-state index contributed by atoms with van der Waals surface area (Å²) in [6.45, 7) is 1.85. The molecule has 7 heteroatoms. The van der Waals surface area contributed by atoms with E-state index < -0.39 is 0 Å². The number of aromatic nitrogens is 4. The van der Waals surface area contributed by atoms with Gasteiger partial charge in [0.25, 0.3) is 0 Å². The van der Waals surface area contributed by atoms with Gasteiger partial charge < -0.3 is 5.73 Å². The molecule has 0 aliphatic heterocycles. The Bertz CT molecular complexity index is 492. The molecule has 15 heavy (non-hydrogen) atoms. The third-order valence-corrected chi connectivity index (χ3v) is 3.04. The van der Waals surface area contributed by atoms with E-state index >= 15 is 0 Å². The summed E-state index contributed by atoms with van der Waals surface area (Å²) in [5.41, 5.74) is 6.62. The van der Waals surface area contributed by atoms with Gasteiger partial charge in [0.1, 0.15) is 5.82 Å². The van der Waals surface area contributed by atoms with Gasteiger partial charge in [-0.05, 0) is 35.0 Å². The van der Waals surface area contributed by atoms with Gasteiger partial charge in [0.15, 0.2) is 11.0 Å². The van der Waals surface area contributed by atoms with E-state index in [0.717, 1.165) is 10.2 Å². The SMILES string of the molecule is Cc1nn(-c2ccc(Cl)nn2)c(N)c1Br. The van der Waals surface area contributed by atoms with Crippen molar-refractivity contribution in [2.75, 3.05) is 5.73 Å². The quantitative estimate of drug-likeness (QED) is 0.871. The smallest absolute Gasteiger partial charge is 0.178 e. The van der Waals surface area contributed by atoms with Crippen LogP contribution in [0.3, 0.4) is 0 Å². The molecule has 0 spiro atoms. The number of halogens is 2. The first-order valence-electron chi connectivity index (χ1n) is 4.10. The van der Waals surface area contributed by atoms with Crippen molar-refractivity contribution in [2.24, 2.45) is 0 Å². The van der Waals surface area contributed by atoms with Crippen LogP contribution in [0.4, 0.5) is 5.82 Å². The van der Waals surface area contributed by atoms with Crippen molar-refractivity contribution in [3.63, 3.8) is 0 Å². The zero-order valence-corrected chi connectivity index (χ0v) is 10.1. The normalized spacial score (nSPS) is 10.6. The summed E-state index contributed by atoms with van der Waals surface area (Å²) >= 11 is 8.96. The predicted molar refractivity (Wildman–Crippen MR) is 61.0 cm³/mol. The van der Waals surface area contributed by atoms with Crippen molar-refractivity contribution < 1.29 is 0 Å². The molecule has 2 rings (SSSR count). The summed E-state index contributed by atoms with van der Waals surface area (Å²) in [5, 5.41) is 12.1. The number of nitrogens with two attached hydrogens (primary N) is 1. The molecule has 0 bridgehead atoms. The number of aryl methyl sites for hydroxylation is 1. The van der Waals surface area contributed by atoms with E-state index in [2.05, 4.69) is 31.2 Å². The maximum atomic E-state index is 5.83. The standard InChI is InChI=1S/C8H7BrClN5/c1-4-7(9)8(11)15(14-4)6-3-2-5(10)12-13-6/h2-3H,11H2,1H3. The average molecular weight is 289 g/mol. The first-order valence-corrected chi connectivity index (χ1v) is 5.27. The summed E-state index contributed by atoms with van der Waals surface area (Å²) in [5.74, 6) is 1.02. The second kappa shape index (κ2) is 3.79. The van der Waals surface area contributed by atoms with Crippen molar-refractivity contribution in [1.29, 1.82) is 0 Å². The number of nitrogen functional groups attached to an aromatic ring is 1. The Morgan fingerprint density at radius 3 is 2.60 bits per heavy atom. The molecule has 0 fully saturated rings. The first kappa shape index (κ1) is 10.4. The van der Waals surface area contributed by atoms with E-state index in [-0.39, 0.29) is 0 Å². The molecule has 0 aliphatic carbocycles. The fraction of sp³-hybridized carbons (Fsp3) is 0.125. The summed E-state index contributed by atoms with van der Waals surface area (Å²) in [6.07, 6.45) is 0. The number of nitrogens with zero attached hydrogens (tertiary/aromatic N) is 4. The molecular formula is C8H7BrClN5. The molecule has 0 radical (unpaired) electrons. The van der Waals surface area contributed by atoms with Gasteiger partial charge in [0.2, 0.25) is 0 Å². The highest BCUT2D eigenvalue weighted by molar-refractivity contribution is 9.10. The van der Waals surface area contributed by atoms with Gasteiger partial charge in [0.05, 0.1) is 10.2 Å². The van der Waals surface area contributed by atoms with Gasteiger partial charge in [-0.1, -0.05) is 11.6 Å². The van der Waals surface area contributed by atoms with Gasteiger partial charge in [-0.2, -0.15) is 9.78 Å². The molecule has 2 heterocycles. The Morgan fingerprint density at radius 2 is 2.13 bits per heavy atom. The van der Waals surface area contributed by atoms with Crippen LogP contribution in [0, 0.1) is 6.92 Å². The monoisotopic (exact) mass is 287 g/mol. The van der Waals surface area contributed by atoms with Crippen LogP contribution in [0.1, 0.15) is 5.69 Å². The van der Waals surface area contributed by atoms with E-state index in [9.17, 15) is 0 Å². The highest BCUT2D eigenvalue weighted by Crippen LogP contribution is 2.24. The summed E-state index contributed by atoms with van der Waals surface area (Å²) in [7, 11) is 0. The molecule has 2 N–H and O–H groups in total. The fourth-order valence-electron chi connectivity index (χ4n) is 1.12. The molecule has 5 nitrogen and oxygen atoms in total. The zero-order valence-electron chi connectivity index (χ0n) is 7.78. The minimum Gasteiger partial charge on any atom is -0.383 e. The van der Waals surface area contributed by atoms with E-state index in [1.54, 1.807) is 12.1 Å². The highest BCUT2D eigenvalue weighted by Gasteiger charge is 2.12. The fourth-order valence-corrected chi connectivity index (χ4v) is 1.47. The lowest BCUT2D eigenvalue weighted by molar-refractivity contribution is 0.812. The number of rotatable bonds is 1. The predicted octanol–water partition coefficient (Wildman–Crippen LogP) is 1.97. The van der Waals surface area contributed by atoms with Crippen molar-refractivity contribution in [1.82, 2.24) is 20.0 Å². The average Bonchev–Trinajstić information content (AvgIpc) is 2.47. The Balaban J connectivity index is 2.54. The van der Waals surface area contributed by atoms with E-state index in [4.69, 9.17) is 17.3 Å². The maximum absolute atomic E-state index is 5.83. The topological polar surface area (TPSA) is 69.6 Å². The van der Waals surface area contributed by atoms with Gasteiger partial charge in [-0.15, -0.1) is 10.2 Å². The largest absolute Gasteiger partial charge is 0.383 e. The molecule has 0 atom stereocenters. The van der Waals surface area contributed by atoms with Crippen molar-refractivity contribution >= 4 is 33.3 Å². The van der Waals surface area contributed by atoms with Crippen LogP contribution in [0.5, 0.6) is 0 Å². The molecular weight excluding hydrogens is 281 g/mol. The van der Waals surface area contributed by atoms with Gasteiger partial charge in [-0.3, -0.25) is 0 Å². The summed E-state index contributed by atoms with van der Waals surface area (Å²) < 4.78 is 2.27. The Labute approximate surface area is 99.4 Å². The van der Waals surface area contributed by atoms with E-state index in [1.807, 2.05) is 6.92 Å². The van der Waals surface area contributed by atoms with Gasteiger partial charge in [0, 0.05) is 0 Å². The zero-order chi connectivity index (χ0) is 11.0. The summed E-state index contributed by atoms with van der Waals surface area (Å²) in [4.78, 5) is 0. The van der Waals surface area contributed by atoms with Gasteiger partial charge >= 0.3 is 0 Å². The van der Waals surface area contributed by atoms with Crippen LogP contribution in [0.2, 0.25) is 5.15 Å². The van der Waals surface area contributed by atoms with Crippen LogP contribution >= 0.6 is 27.5 Å². The molecule has 2 aromatic heterocycles. The lowest BCUT2D eigenvalue weighted by Gasteiger charge is -2.01.